The SMILES string of the molecule is C#Cc1cc(NS(C)(=O)=O)ccc1C. The van der Waals surface area contributed by atoms with Crippen LogP contribution in [0.5, 0.6) is 0 Å². The van der Waals surface area contributed by atoms with E-state index in [0.717, 1.165) is 11.8 Å². The summed E-state index contributed by atoms with van der Waals surface area (Å²) in [6.45, 7) is 1.87. The first kappa shape index (κ1) is 10.6. The van der Waals surface area contributed by atoms with Gasteiger partial charge in [0.1, 0.15) is 0 Å². The summed E-state index contributed by atoms with van der Waals surface area (Å²) in [5.74, 6) is 2.49. The third kappa shape index (κ3) is 2.79. The Bertz CT molecular complexity index is 483. The Kier molecular flexibility index (Phi) is 2.82. The van der Waals surface area contributed by atoms with E-state index in [9.17, 15) is 8.42 Å². The van der Waals surface area contributed by atoms with Crippen molar-refractivity contribution in [2.75, 3.05) is 11.0 Å². The van der Waals surface area contributed by atoms with Gasteiger partial charge in [-0.3, -0.25) is 4.72 Å². The Hall–Kier alpha value is -1.47. The van der Waals surface area contributed by atoms with Gasteiger partial charge in [0, 0.05) is 11.3 Å². The van der Waals surface area contributed by atoms with Gasteiger partial charge in [0.05, 0.1) is 6.26 Å². The van der Waals surface area contributed by atoms with Crippen LogP contribution in [0.3, 0.4) is 0 Å². The minimum absolute atomic E-state index is 0.492. The molecule has 0 bridgehead atoms. The zero-order valence-corrected chi connectivity index (χ0v) is 8.85. The molecular formula is C10H11NO2S. The maximum atomic E-state index is 10.9. The summed E-state index contributed by atoms with van der Waals surface area (Å²) in [5.41, 5.74) is 2.14. The molecule has 0 aliphatic carbocycles. The molecule has 74 valence electrons. The fourth-order valence-corrected chi connectivity index (χ4v) is 1.61. The smallest absolute Gasteiger partial charge is 0.229 e. The molecule has 0 fully saturated rings. The molecule has 0 aliphatic heterocycles. The lowest BCUT2D eigenvalue weighted by Crippen LogP contribution is -2.09. The fourth-order valence-electron chi connectivity index (χ4n) is 1.06. The van der Waals surface area contributed by atoms with E-state index in [0.29, 0.717) is 11.3 Å². The molecule has 0 aliphatic rings. The lowest BCUT2D eigenvalue weighted by atomic mass is 10.1. The Labute approximate surface area is 84.2 Å². The third-order valence-corrected chi connectivity index (χ3v) is 2.30. The highest BCUT2D eigenvalue weighted by molar-refractivity contribution is 7.92. The Morgan fingerprint density at radius 1 is 1.43 bits per heavy atom. The van der Waals surface area contributed by atoms with Gasteiger partial charge in [-0.2, -0.15) is 0 Å². The molecule has 0 aromatic heterocycles. The third-order valence-electron chi connectivity index (χ3n) is 1.70. The van der Waals surface area contributed by atoms with Crippen LogP contribution in [-0.4, -0.2) is 14.7 Å². The number of sulfonamides is 1. The summed E-state index contributed by atoms with van der Waals surface area (Å²) in [6, 6.07) is 5.09. The minimum Gasteiger partial charge on any atom is -0.284 e. The van der Waals surface area contributed by atoms with Crippen LogP contribution in [0.2, 0.25) is 0 Å². The first-order chi connectivity index (χ1) is 6.42. The molecule has 0 atom stereocenters. The van der Waals surface area contributed by atoms with Crippen LogP contribution in [0.1, 0.15) is 11.1 Å². The Morgan fingerprint density at radius 2 is 2.07 bits per heavy atom. The predicted molar refractivity (Wildman–Crippen MR) is 57.6 cm³/mol. The molecule has 14 heavy (non-hydrogen) atoms. The number of terminal acetylenes is 1. The monoisotopic (exact) mass is 209 g/mol. The van der Waals surface area contributed by atoms with Gasteiger partial charge in [-0.15, -0.1) is 6.42 Å². The van der Waals surface area contributed by atoms with E-state index >= 15 is 0 Å². The standard InChI is InChI=1S/C10H11NO2S/c1-4-9-7-10(6-5-8(9)2)11-14(3,12)13/h1,5-7,11H,2-3H3. The number of benzene rings is 1. The molecule has 0 amide bonds. The first-order valence-electron chi connectivity index (χ1n) is 3.97. The number of aryl methyl sites for hydroxylation is 1. The van der Waals surface area contributed by atoms with Crippen LogP contribution in [0.15, 0.2) is 18.2 Å². The van der Waals surface area contributed by atoms with Gasteiger partial charge in [-0.25, -0.2) is 8.42 Å². The van der Waals surface area contributed by atoms with E-state index in [1.54, 1.807) is 18.2 Å². The lowest BCUT2D eigenvalue weighted by Gasteiger charge is -2.05. The molecule has 0 saturated carbocycles. The normalized spacial score (nSPS) is 10.6. The van der Waals surface area contributed by atoms with Gasteiger partial charge in [0.25, 0.3) is 0 Å². The van der Waals surface area contributed by atoms with Crippen LogP contribution >= 0.6 is 0 Å². The van der Waals surface area contributed by atoms with Gasteiger partial charge in [0.2, 0.25) is 10.0 Å². The maximum absolute atomic E-state index is 10.9. The highest BCUT2D eigenvalue weighted by atomic mass is 32.2. The number of nitrogens with one attached hydrogen (secondary N) is 1. The van der Waals surface area contributed by atoms with Gasteiger partial charge >= 0.3 is 0 Å². The quantitative estimate of drug-likeness (QED) is 0.747. The van der Waals surface area contributed by atoms with Gasteiger partial charge in [-0.05, 0) is 24.6 Å². The van der Waals surface area contributed by atoms with Crippen molar-refractivity contribution in [3.05, 3.63) is 29.3 Å². The molecular weight excluding hydrogens is 198 g/mol. The number of rotatable bonds is 2. The molecule has 1 rings (SSSR count). The molecule has 0 unspecified atom stereocenters. The Morgan fingerprint density at radius 3 is 2.57 bits per heavy atom. The summed E-state index contributed by atoms with van der Waals surface area (Å²) >= 11 is 0. The van der Waals surface area contributed by atoms with E-state index in [-0.39, 0.29) is 0 Å². The second-order valence-electron chi connectivity index (χ2n) is 3.05. The van der Waals surface area contributed by atoms with Crippen molar-refractivity contribution < 1.29 is 8.42 Å². The van der Waals surface area contributed by atoms with Crippen LogP contribution in [0.4, 0.5) is 5.69 Å². The maximum Gasteiger partial charge on any atom is 0.229 e. The molecule has 0 saturated heterocycles. The number of hydrogen-bond donors (Lipinski definition) is 1. The van der Waals surface area contributed by atoms with E-state index in [2.05, 4.69) is 10.6 Å². The summed E-state index contributed by atoms with van der Waals surface area (Å²) in [6.07, 6.45) is 6.36. The number of anilines is 1. The average molecular weight is 209 g/mol. The van der Waals surface area contributed by atoms with E-state index in [1.165, 1.54) is 0 Å². The predicted octanol–water partition coefficient (Wildman–Crippen LogP) is 1.35. The van der Waals surface area contributed by atoms with Crippen molar-refractivity contribution in [3.63, 3.8) is 0 Å². The van der Waals surface area contributed by atoms with Crippen molar-refractivity contribution in [3.8, 4) is 12.3 Å². The highest BCUT2D eigenvalue weighted by Gasteiger charge is 2.03. The molecule has 0 spiro atoms. The van der Waals surface area contributed by atoms with Crippen LogP contribution in [-0.2, 0) is 10.0 Å². The molecule has 3 nitrogen and oxygen atoms in total. The Balaban J connectivity index is 3.09. The number of hydrogen-bond acceptors (Lipinski definition) is 2. The first-order valence-corrected chi connectivity index (χ1v) is 5.86. The lowest BCUT2D eigenvalue weighted by molar-refractivity contribution is 0.607. The summed E-state index contributed by atoms with van der Waals surface area (Å²) in [7, 11) is -3.23. The van der Waals surface area contributed by atoms with Gasteiger partial charge < -0.3 is 0 Å². The highest BCUT2D eigenvalue weighted by Crippen LogP contribution is 2.14. The van der Waals surface area contributed by atoms with Crippen LogP contribution in [0.25, 0.3) is 0 Å². The van der Waals surface area contributed by atoms with Gasteiger partial charge in [-0.1, -0.05) is 12.0 Å². The average Bonchev–Trinajstić information content (AvgIpc) is 2.06. The van der Waals surface area contributed by atoms with Crippen molar-refractivity contribution in [1.29, 1.82) is 0 Å². The molecule has 1 aromatic carbocycles. The van der Waals surface area contributed by atoms with Crippen LogP contribution < -0.4 is 4.72 Å². The van der Waals surface area contributed by atoms with Crippen molar-refractivity contribution in [2.45, 2.75) is 6.92 Å². The van der Waals surface area contributed by atoms with Crippen molar-refractivity contribution >= 4 is 15.7 Å². The van der Waals surface area contributed by atoms with Crippen molar-refractivity contribution in [1.82, 2.24) is 0 Å². The van der Waals surface area contributed by atoms with E-state index in [1.807, 2.05) is 6.92 Å². The second-order valence-corrected chi connectivity index (χ2v) is 4.80. The molecule has 0 heterocycles. The van der Waals surface area contributed by atoms with Gasteiger partial charge in [0.15, 0.2) is 0 Å². The minimum atomic E-state index is -3.23. The fraction of sp³-hybridized carbons (Fsp3) is 0.200. The molecule has 0 radical (unpaired) electrons. The summed E-state index contributed by atoms with van der Waals surface area (Å²) < 4.78 is 24.2. The summed E-state index contributed by atoms with van der Waals surface area (Å²) in [5, 5.41) is 0. The molecule has 1 aromatic rings. The van der Waals surface area contributed by atoms with E-state index in [4.69, 9.17) is 6.42 Å². The zero-order valence-electron chi connectivity index (χ0n) is 8.03. The topological polar surface area (TPSA) is 46.2 Å². The summed E-state index contributed by atoms with van der Waals surface area (Å²) in [4.78, 5) is 0. The largest absolute Gasteiger partial charge is 0.284 e. The van der Waals surface area contributed by atoms with Crippen molar-refractivity contribution in [2.24, 2.45) is 0 Å². The van der Waals surface area contributed by atoms with Crippen LogP contribution in [0, 0.1) is 19.3 Å². The zero-order chi connectivity index (χ0) is 10.8. The molecule has 1 N–H and O–H groups in total. The molecule has 4 heteroatoms. The van der Waals surface area contributed by atoms with E-state index < -0.39 is 10.0 Å². The second kappa shape index (κ2) is 3.72.